The van der Waals surface area contributed by atoms with Crippen molar-refractivity contribution in [2.24, 2.45) is 0 Å². The third kappa shape index (κ3) is 3.09. The number of aromatic amines is 1. The maximum Gasteiger partial charge on any atom is 0.173 e. The Labute approximate surface area is 163 Å². The molecule has 0 unspecified atom stereocenters. The molecule has 0 saturated carbocycles. The van der Waals surface area contributed by atoms with Crippen LogP contribution >= 0.6 is 34.8 Å². The molecular weight excluding hydrogens is 393 g/mol. The van der Waals surface area contributed by atoms with Crippen LogP contribution in [-0.4, -0.2) is 19.5 Å². The first-order valence-electron chi connectivity index (χ1n) is 7.71. The predicted molar refractivity (Wildman–Crippen MR) is 104 cm³/mol. The van der Waals surface area contributed by atoms with Gasteiger partial charge in [0.25, 0.3) is 0 Å². The summed E-state index contributed by atoms with van der Waals surface area (Å²) in [5.41, 5.74) is 2.91. The van der Waals surface area contributed by atoms with Gasteiger partial charge in [-0.2, -0.15) is 0 Å². The van der Waals surface area contributed by atoms with Gasteiger partial charge in [0.1, 0.15) is 11.3 Å². The molecule has 0 fully saturated rings. The zero-order chi connectivity index (χ0) is 18.3. The molecule has 26 heavy (non-hydrogen) atoms. The number of halogens is 3. The standard InChI is InChI=1S/C18H12Cl3N5/c19-11-6-4-10(5-7-11)17-24-15-16(22)23-9-26(18(15)25-17)8-12-13(20)2-1-3-14(12)21/h1-7,9,22H,8H2,(H,24,25). The largest absolute Gasteiger partial charge is 0.334 e. The molecule has 2 heterocycles. The summed E-state index contributed by atoms with van der Waals surface area (Å²) in [6.07, 6.45) is 1.57. The third-order valence-electron chi connectivity index (χ3n) is 4.03. The average Bonchev–Trinajstić information content (AvgIpc) is 3.07. The number of rotatable bonds is 3. The highest BCUT2D eigenvalue weighted by atomic mass is 35.5. The molecule has 130 valence electrons. The first-order valence-corrected chi connectivity index (χ1v) is 8.85. The Morgan fingerprint density at radius 3 is 2.38 bits per heavy atom. The van der Waals surface area contributed by atoms with Crippen molar-refractivity contribution in [2.45, 2.75) is 6.54 Å². The number of aromatic nitrogens is 4. The fourth-order valence-electron chi connectivity index (χ4n) is 2.70. The van der Waals surface area contributed by atoms with E-state index in [4.69, 9.17) is 40.2 Å². The number of nitrogens with one attached hydrogen (secondary N) is 2. The van der Waals surface area contributed by atoms with Gasteiger partial charge in [-0.05, 0) is 36.4 Å². The van der Waals surface area contributed by atoms with E-state index in [9.17, 15) is 0 Å². The fourth-order valence-corrected chi connectivity index (χ4v) is 3.34. The van der Waals surface area contributed by atoms with Crippen LogP contribution in [0.15, 0.2) is 48.8 Å². The van der Waals surface area contributed by atoms with Gasteiger partial charge >= 0.3 is 0 Å². The van der Waals surface area contributed by atoms with E-state index in [0.29, 0.717) is 38.6 Å². The Morgan fingerprint density at radius 2 is 1.69 bits per heavy atom. The van der Waals surface area contributed by atoms with Gasteiger partial charge in [0, 0.05) is 26.2 Å². The topological polar surface area (TPSA) is 70.3 Å². The Balaban J connectivity index is 1.85. The lowest BCUT2D eigenvalue weighted by molar-refractivity contribution is 0.784. The van der Waals surface area contributed by atoms with Crippen LogP contribution in [0.3, 0.4) is 0 Å². The number of H-pyrrole nitrogens is 1. The third-order valence-corrected chi connectivity index (χ3v) is 4.99. The van der Waals surface area contributed by atoms with Gasteiger partial charge in [0.2, 0.25) is 0 Å². The van der Waals surface area contributed by atoms with Crippen molar-refractivity contribution < 1.29 is 0 Å². The van der Waals surface area contributed by atoms with E-state index in [1.807, 2.05) is 16.7 Å². The number of imidazole rings is 1. The molecule has 0 atom stereocenters. The van der Waals surface area contributed by atoms with Crippen LogP contribution in [0.2, 0.25) is 15.1 Å². The molecule has 0 aliphatic carbocycles. The molecule has 2 aromatic heterocycles. The molecule has 4 aromatic rings. The van der Waals surface area contributed by atoms with Gasteiger partial charge in [-0.15, -0.1) is 0 Å². The number of nitrogens with zero attached hydrogens (tertiary/aromatic N) is 3. The Morgan fingerprint density at radius 1 is 1.00 bits per heavy atom. The van der Waals surface area contributed by atoms with E-state index in [0.717, 1.165) is 11.1 Å². The highest BCUT2D eigenvalue weighted by Gasteiger charge is 2.13. The van der Waals surface area contributed by atoms with Gasteiger partial charge in [0.15, 0.2) is 11.1 Å². The van der Waals surface area contributed by atoms with E-state index in [1.165, 1.54) is 0 Å². The molecule has 0 radical (unpaired) electrons. The smallest absolute Gasteiger partial charge is 0.173 e. The van der Waals surface area contributed by atoms with Crippen molar-refractivity contribution in [2.75, 3.05) is 0 Å². The van der Waals surface area contributed by atoms with Crippen LogP contribution in [0.1, 0.15) is 5.56 Å². The van der Waals surface area contributed by atoms with Crippen LogP contribution < -0.4 is 5.49 Å². The molecule has 0 spiro atoms. The summed E-state index contributed by atoms with van der Waals surface area (Å²) in [7, 11) is 0. The minimum absolute atomic E-state index is 0.120. The molecule has 0 aliphatic rings. The van der Waals surface area contributed by atoms with Gasteiger partial charge in [-0.1, -0.05) is 40.9 Å². The Bertz CT molecular complexity index is 1140. The van der Waals surface area contributed by atoms with Gasteiger partial charge < -0.3 is 9.55 Å². The lowest BCUT2D eigenvalue weighted by Crippen LogP contribution is -2.13. The number of hydrogen-bond acceptors (Lipinski definition) is 3. The summed E-state index contributed by atoms with van der Waals surface area (Å²) in [4.78, 5) is 11.9. The Hall–Kier alpha value is -2.34. The minimum Gasteiger partial charge on any atom is -0.334 e. The molecule has 5 nitrogen and oxygen atoms in total. The second kappa shape index (κ2) is 6.76. The molecule has 0 aliphatic heterocycles. The second-order valence-electron chi connectivity index (χ2n) is 5.71. The lowest BCUT2D eigenvalue weighted by Gasteiger charge is -2.10. The molecule has 2 N–H and O–H groups in total. The SMILES string of the molecule is N=c1ncn(Cc2c(Cl)cccc2Cl)c2nc(-c3ccc(Cl)cc3)[nH]c12. The fraction of sp³-hybridized carbons (Fsp3) is 0.0556. The van der Waals surface area contributed by atoms with E-state index >= 15 is 0 Å². The van der Waals surface area contributed by atoms with Gasteiger partial charge in [0.05, 0.1) is 12.9 Å². The van der Waals surface area contributed by atoms with Crippen molar-refractivity contribution in [3.05, 3.63) is 74.9 Å². The van der Waals surface area contributed by atoms with Crippen molar-refractivity contribution in [3.8, 4) is 11.4 Å². The number of benzene rings is 2. The highest BCUT2D eigenvalue weighted by Crippen LogP contribution is 2.26. The van der Waals surface area contributed by atoms with Crippen molar-refractivity contribution in [1.29, 1.82) is 5.41 Å². The monoisotopic (exact) mass is 403 g/mol. The molecule has 2 aromatic carbocycles. The molecular formula is C18H12Cl3N5. The van der Waals surface area contributed by atoms with Crippen LogP contribution in [-0.2, 0) is 6.54 Å². The van der Waals surface area contributed by atoms with E-state index in [-0.39, 0.29) is 5.49 Å². The summed E-state index contributed by atoms with van der Waals surface area (Å²) in [5, 5.41) is 9.86. The molecule has 0 bridgehead atoms. The van der Waals surface area contributed by atoms with Gasteiger partial charge in [-0.25, -0.2) is 9.97 Å². The predicted octanol–water partition coefficient (Wildman–Crippen LogP) is 4.91. The summed E-state index contributed by atoms with van der Waals surface area (Å²) in [5.74, 6) is 0.636. The van der Waals surface area contributed by atoms with Crippen molar-refractivity contribution in [3.63, 3.8) is 0 Å². The van der Waals surface area contributed by atoms with E-state index < -0.39 is 0 Å². The second-order valence-corrected chi connectivity index (χ2v) is 6.96. The van der Waals surface area contributed by atoms with Crippen LogP contribution in [0.5, 0.6) is 0 Å². The number of hydrogen-bond donors (Lipinski definition) is 2. The highest BCUT2D eigenvalue weighted by molar-refractivity contribution is 6.36. The summed E-state index contributed by atoms with van der Waals surface area (Å²) >= 11 is 18.5. The van der Waals surface area contributed by atoms with Crippen molar-refractivity contribution >= 4 is 46.0 Å². The first-order chi connectivity index (χ1) is 12.5. The molecule has 0 amide bonds. The van der Waals surface area contributed by atoms with Crippen LogP contribution in [0.25, 0.3) is 22.6 Å². The van der Waals surface area contributed by atoms with Crippen molar-refractivity contribution in [1.82, 2.24) is 19.5 Å². The maximum atomic E-state index is 8.07. The lowest BCUT2D eigenvalue weighted by atomic mass is 10.2. The van der Waals surface area contributed by atoms with Crippen LogP contribution in [0.4, 0.5) is 0 Å². The average molecular weight is 405 g/mol. The van der Waals surface area contributed by atoms with E-state index in [2.05, 4.69) is 15.0 Å². The van der Waals surface area contributed by atoms with Gasteiger partial charge in [-0.3, -0.25) is 5.41 Å². The number of fused-ring (bicyclic) bond motifs is 1. The normalized spacial score (nSPS) is 11.2. The first kappa shape index (κ1) is 17.1. The summed E-state index contributed by atoms with van der Waals surface area (Å²) < 4.78 is 1.82. The minimum atomic E-state index is 0.120. The molecule has 0 saturated heterocycles. The zero-order valence-electron chi connectivity index (χ0n) is 13.3. The Kier molecular flexibility index (Phi) is 4.44. The maximum absolute atomic E-state index is 8.07. The summed E-state index contributed by atoms with van der Waals surface area (Å²) in [6, 6.07) is 12.7. The van der Waals surface area contributed by atoms with E-state index in [1.54, 1.807) is 36.7 Å². The summed E-state index contributed by atoms with van der Waals surface area (Å²) in [6.45, 7) is 0.396. The van der Waals surface area contributed by atoms with Crippen LogP contribution in [0, 0.1) is 5.41 Å². The molecule has 4 rings (SSSR count). The zero-order valence-corrected chi connectivity index (χ0v) is 15.6. The quantitative estimate of drug-likeness (QED) is 0.509. The molecule has 8 heteroatoms.